The molecule has 3 aliphatic carbocycles. The number of aromatic nitrogens is 4. The van der Waals surface area contributed by atoms with Gasteiger partial charge in [-0.25, -0.2) is 9.03 Å². The first kappa shape index (κ1) is 54.6. The average Bonchev–Trinajstić information content (AvgIpc) is 3.95. The molecule has 6 heterocycles. The van der Waals surface area contributed by atoms with Crippen LogP contribution in [0.15, 0.2) is 47.3 Å². The number of rotatable bonds is 11. The molecule has 25 heteroatoms. The van der Waals surface area contributed by atoms with Crippen LogP contribution in [0, 0.1) is 80.3 Å². The molecule has 0 spiro atoms. The van der Waals surface area contributed by atoms with Crippen LogP contribution in [0.1, 0.15) is 102 Å². The minimum absolute atomic E-state index is 0.0565. The summed E-state index contributed by atoms with van der Waals surface area (Å²) in [5, 5.41) is 39.1. The van der Waals surface area contributed by atoms with Gasteiger partial charge in [-0.15, -0.1) is 0 Å². The third-order valence-electron chi connectivity index (χ3n) is 16.4. The number of amides is 6. The predicted molar refractivity (Wildman–Crippen MR) is 262 cm³/mol. The van der Waals surface area contributed by atoms with Gasteiger partial charge in [0.15, 0.2) is 0 Å². The molecule has 4 unspecified atom stereocenters. The highest BCUT2D eigenvalue weighted by molar-refractivity contribution is 9.10. The molecular weight excluding hydrogens is 1080 g/mol. The summed E-state index contributed by atoms with van der Waals surface area (Å²) in [7, 11) is 0. The Morgan fingerprint density at radius 2 is 1.26 bits per heavy atom. The van der Waals surface area contributed by atoms with E-state index < -0.39 is 94.9 Å². The summed E-state index contributed by atoms with van der Waals surface area (Å²) in [6.07, 6.45) is -5.39. The molecule has 2 saturated heterocycles. The van der Waals surface area contributed by atoms with Gasteiger partial charge in [-0.3, -0.25) is 28.8 Å². The third kappa shape index (κ3) is 9.60. The number of nitrogens with zero attached hydrogens (tertiary/aromatic N) is 8. The summed E-state index contributed by atoms with van der Waals surface area (Å²) in [5.41, 5.74) is 0.727. The number of halogens is 7. The summed E-state index contributed by atoms with van der Waals surface area (Å²) in [5.74, 6) is -2.57. The van der Waals surface area contributed by atoms with Crippen LogP contribution in [0.2, 0.25) is 0 Å². The van der Waals surface area contributed by atoms with Crippen LogP contribution in [0.4, 0.5) is 26.3 Å². The Kier molecular flexibility index (Phi) is 13.3. The van der Waals surface area contributed by atoms with Crippen molar-refractivity contribution < 1.29 is 55.1 Å². The van der Waals surface area contributed by atoms with E-state index in [0.29, 0.717) is 38.6 Å². The SMILES string of the molecule is C[C@H](NC(=O)C(F)(F)F)C(=O)N1C[C@H]2[C@@H]([C@H]1C(=O)NC(C#N)c1cnn3c(C4CC4C#Cc4cccn5ncc(C(C#N)NC(=O)[C@@H]6[C@@H]7[C@H](CN6C(=O)[C@@H](NC(=O)C(F)(F)F)C(C)(C)C)C7(C)C)c45)ccc(Br)c13)C2(C)C. The van der Waals surface area contributed by atoms with Gasteiger partial charge in [-0.2, -0.15) is 47.1 Å². The molecule has 0 aromatic carbocycles. The van der Waals surface area contributed by atoms with Crippen LogP contribution < -0.4 is 21.3 Å². The molecule has 5 fully saturated rings. The molecule has 0 bridgehead atoms. The normalized spacial score (nSPS) is 26.1. The zero-order valence-corrected chi connectivity index (χ0v) is 44.3. The Bertz CT molecular complexity index is 3320. The van der Waals surface area contributed by atoms with Crippen molar-refractivity contribution in [3.8, 4) is 24.0 Å². The monoisotopic (exact) mass is 1130 g/mol. The predicted octanol–water partition coefficient (Wildman–Crippen LogP) is 5.39. The fourth-order valence-electron chi connectivity index (χ4n) is 11.9. The van der Waals surface area contributed by atoms with Gasteiger partial charge in [0.1, 0.15) is 36.3 Å². The molecule has 18 nitrogen and oxygen atoms in total. The number of nitrogens with one attached hydrogen (secondary N) is 4. The van der Waals surface area contributed by atoms with Crippen molar-refractivity contribution in [2.75, 3.05) is 13.1 Å². The third-order valence-corrected chi connectivity index (χ3v) is 17.0. The van der Waals surface area contributed by atoms with Gasteiger partial charge in [0, 0.05) is 52.4 Å². The lowest BCUT2D eigenvalue weighted by Crippen LogP contribution is -2.60. The number of piperidine rings is 2. The Balaban J connectivity index is 0.920. The number of hydrogen-bond donors (Lipinski definition) is 4. The lowest BCUT2D eigenvalue weighted by atomic mass is 9.85. The van der Waals surface area contributed by atoms with Gasteiger partial charge < -0.3 is 31.1 Å². The van der Waals surface area contributed by atoms with E-state index in [4.69, 9.17) is 0 Å². The molecule has 4 N–H and O–H groups in total. The lowest BCUT2D eigenvalue weighted by molar-refractivity contribution is -0.176. The lowest BCUT2D eigenvalue weighted by Gasteiger charge is -2.37. The Labute approximate surface area is 445 Å². The van der Waals surface area contributed by atoms with E-state index in [1.54, 1.807) is 34.2 Å². The molecule has 3 saturated carbocycles. The fourth-order valence-corrected chi connectivity index (χ4v) is 12.4. The van der Waals surface area contributed by atoms with Crippen LogP contribution in [0.25, 0.3) is 11.0 Å². The fraction of sp³-hybridized carbons (Fsp3) is 0.538. The highest BCUT2D eigenvalue weighted by atomic mass is 79.9. The van der Waals surface area contributed by atoms with Crippen molar-refractivity contribution >= 4 is 62.4 Å². The highest BCUT2D eigenvalue weighted by Crippen LogP contribution is 2.66. The summed E-state index contributed by atoms with van der Waals surface area (Å²) in [6, 6.07) is 3.17. The molecule has 4 aromatic rings. The van der Waals surface area contributed by atoms with Crippen LogP contribution in [-0.2, 0) is 28.8 Å². The number of fused-ring (bicyclic) bond motifs is 4. The molecular formula is C52H53BrF6N12O6. The molecule has 2 aliphatic heterocycles. The van der Waals surface area contributed by atoms with Crippen molar-refractivity contribution in [1.29, 1.82) is 10.5 Å². The Hall–Kier alpha value is -7.20. The molecule has 6 amide bonds. The Morgan fingerprint density at radius 3 is 1.79 bits per heavy atom. The van der Waals surface area contributed by atoms with Gasteiger partial charge in [0.2, 0.25) is 23.6 Å². The number of carbonyl (C=O) groups is 6. The van der Waals surface area contributed by atoms with Gasteiger partial charge in [-0.05, 0) is 93.5 Å². The first-order valence-corrected chi connectivity index (χ1v) is 25.5. The second-order valence-corrected chi connectivity index (χ2v) is 23.7. The number of carbonyl (C=O) groups excluding carboxylic acids is 6. The van der Waals surface area contributed by atoms with Gasteiger partial charge >= 0.3 is 24.2 Å². The van der Waals surface area contributed by atoms with Crippen LogP contribution in [-0.4, -0.2) is 114 Å². The zero-order chi connectivity index (χ0) is 56.4. The molecule has 4 aromatic heterocycles. The summed E-state index contributed by atoms with van der Waals surface area (Å²) >= 11 is 3.57. The average molecular weight is 1140 g/mol. The van der Waals surface area contributed by atoms with Crippen molar-refractivity contribution in [3.63, 3.8) is 0 Å². The second-order valence-electron chi connectivity index (χ2n) is 22.9. The smallest absolute Gasteiger partial charge is 0.337 e. The summed E-state index contributed by atoms with van der Waals surface area (Å²) in [6.45, 7) is 13.4. The number of likely N-dealkylation sites (tertiary alicyclic amines) is 2. The number of alkyl halides is 6. The quantitative estimate of drug-likeness (QED) is 0.110. The highest BCUT2D eigenvalue weighted by Gasteiger charge is 2.71. The van der Waals surface area contributed by atoms with E-state index in [-0.39, 0.29) is 54.0 Å². The van der Waals surface area contributed by atoms with Crippen molar-refractivity contribution in [1.82, 2.24) is 50.3 Å². The molecule has 77 heavy (non-hydrogen) atoms. The standard InChI is InChI=1S/C52H53BrF6N12O6/c1-23(64-46(76)51(54,55)56)44(74)68-21-29-35(49(29,5)6)39(68)42(72)66-33(18-61)28-20-63-71-34(14-13-31(53)38(28)71)26-16-25(26)12-11-24-10-9-15-70-37(24)27(19-62-70)32(17-60)65-43(73)40-36-30(50(36,7)8)22-69(40)45(75)41(48(2,3)4)67-47(77)52(57,58)59/h9-10,13-15,19-20,23,25-26,29-30,32-33,35-36,39-41H,16,21-22H2,1-8H3,(H,64,76)(H,65,73)(H,66,72)(H,67,77)/t23-,25?,26?,29-,30-,32?,33?,35-,36-,39-,40-,41+/m0/s1. The second kappa shape index (κ2) is 18.8. The largest absolute Gasteiger partial charge is 0.471 e. The van der Waals surface area contributed by atoms with Crippen LogP contribution in [0.3, 0.4) is 0 Å². The maximum Gasteiger partial charge on any atom is 0.471 e. The molecule has 5 aliphatic rings. The number of nitriles is 2. The first-order valence-electron chi connectivity index (χ1n) is 24.7. The van der Waals surface area contributed by atoms with Crippen LogP contribution >= 0.6 is 15.9 Å². The van der Waals surface area contributed by atoms with Crippen molar-refractivity contribution in [2.45, 2.75) is 116 Å². The number of pyridine rings is 2. The van der Waals surface area contributed by atoms with E-state index in [0.717, 1.165) is 12.6 Å². The summed E-state index contributed by atoms with van der Waals surface area (Å²) < 4.78 is 83.0. The van der Waals surface area contributed by atoms with E-state index in [2.05, 4.69) is 60.7 Å². The molecule has 9 rings (SSSR count). The first-order chi connectivity index (χ1) is 35.8. The van der Waals surface area contributed by atoms with E-state index >= 15 is 0 Å². The van der Waals surface area contributed by atoms with Gasteiger partial charge in [-0.1, -0.05) is 60.3 Å². The van der Waals surface area contributed by atoms with E-state index in [1.807, 2.05) is 39.1 Å². The summed E-state index contributed by atoms with van der Waals surface area (Å²) in [4.78, 5) is 82.2. The number of hydrogen-bond acceptors (Lipinski definition) is 10. The molecule has 12 atom stereocenters. The zero-order valence-electron chi connectivity index (χ0n) is 42.8. The van der Waals surface area contributed by atoms with E-state index in [9.17, 15) is 65.6 Å². The van der Waals surface area contributed by atoms with Crippen molar-refractivity contribution in [3.05, 3.63) is 69.7 Å². The van der Waals surface area contributed by atoms with E-state index in [1.165, 1.54) is 47.5 Å². The maximum absolute atomic E-state index is 14.4. The molecule has 0 radical (unpaired) electrons. The molecule has 406 valence electrons. The minimum atomic E-state index is -5.26. The van der Waals surface area contributed by atoms with Crippen molar-refractivity contribution in [2.24, 2.45) is 45.8 Å². The topological polar surface area (TPSA) is 239 Å². The minimum Gasteiger partial charge on any atom is -0.337 e. The van der Waals surface area contributed by atoms with Gasteiger partial charge in [0.25, 0.3) is 0 Å². The van der Waals surface area contributed by atoms with Crippen LogP contribution in [0.5, 0.6) is 0 Å². The maximum atomic E-state index is 14.4. The van der Waals surface area contributed by atoms with Gasteiger partial charge in [0.05, 0.1) is 41.1 Å². The Morgan fingerprint density at radius 1 is 0.740 bits per heavy atom.